The molecule has 0 radical (unpaired) electrons. The third kappa shape index (κ3) is 2.33. The van der Waals surface area contributed by atoms with E-state index >= 15 is 0 Å². The Hall–Kier alpha value is -0.250. The summed E-state index contributed by atoms with van der Waals surface area (Å²) in [6, 6.07) is 6.84. The van der Waals surface area contributed by atoms with Crippen LogP contribution in [0.4, 0.5) is 5.69 Å². The molecule has 17 heavy (non-hydrogen) atoms. The minimum atomic E-state index is 0.735. The van der Waals surface area contributed by atoms with Gasteiger partial charge in [0.05, 0.1) is 10.7 Å². The highest BCUT2D eigenvalue weighted by Crippen LogP contribution is 2.32. The fraction of sp³-hybridized carbons (Fsp3) is 0.538. The van der Waals surface area contributed by atoms with E-state index in [4.69, 9.17) is 11.6 Å². The lowest BCUT2D eigenvalue weighted by atomic mass is 10.1. The number of piperazine rings is 1. The Balaban J connectivity index is 1.82. The minimum absolute atomic E-state index is 0.735. The van der Waals surface area contributed by atoms with Crippen LogP contribution in [-0.4, -0.2) is 37.1 Å². The second-order valence-electron chi connectivity index (χ2n) is 4.87. The van der Waals surface area contributed by atoms with Crippen molar-refractivity contribution in [2.24, 2.45) is 0 Å². The lowest BCUT2D eigenvalue weighted by Gasteiger charge is -2.39. The first kappa shape index (κ1) is 11.8. The number of hydrogen-bond donors (Lipinski definition) is 0. The maximum absolute atomic E-state index is 6.30. The van der Waals surface area contributed by atoms with Gasteiger partial charge in [0.25, 0.3) is 0 Å². The molecule has 0 spiro atoms. The SMILES string of the molecule is Clc1ccc(Br)cc1N1CCN2CCCC2C1. The van der Waals surface area contributed by atoms with Gasteiger partial charge in [0, 0.05) is 30.1 Å². The molecule has 0 N–H and O–H groups in total. The van der Waals surface area contributed by atoms with Crippen molar-refractivity contribution in [2.75, 3.05) is 31.1 Å². The second-order valence-corrected chi connectivity index (χ2v) is 6.20. The number of benzene rings is 1. The van der Waals surface area contributed by atoms with Crippen molar-refractivity contribution in [3.63, 3.8) is 0 Å². The Morgan fingerprint density at radius 2 is 2.12 bits per heavy atom. The maximum atomic E-state index is 6.30. The van der Waals surface area contributed by atoms with Crippen LogP contribution in [-0.2, 0) is 0 Å². The van der Waals surface area contributed by atoms with Gasteiger partial charge < -0.3 is 4.90 Å². The van der Waals surface area contributed by atoms with Crippen LogP contribution in [0.15, 0.2) is 22.7 Å². The van der Waals surface area contributed by atoms with Gasteiger partial charge in [0.2, 0.25) is 0 Å². The molecule has 0 saturated carbocycles. The van der Waals surface area contributed by atoms with Crippen molar-refractivity contribution in [3.8, 4) is 0 Å². The van der Waals surface area contributed by atoms with Gasteiger partial charge in [-0.1, -0.05) is 27.5 Å². The summed E-state index contributed by atoms with van der Waals surface area (Å²) in [5.41, 5.74) is 1.17. The molecular formula is C13H16BrClN2. The molecular weight excluding hydrogens is 300 g/mol. The first-order valence-corrected chi connectivity index (χ1v) is 7.35. The Labute approximate surface area is 116 Å². The molecule has 1 aromatic rings. The van der Waals surface area contributed by atoms with Gasteiger partial charge in [0.15, 0.2) is 0 Å². The minimum Gasteiger partial charge on any atom is -0.367 e. The molecule has 0 amide bonds. The summed E-state index contributed by atoms with van der Waals surface area (Å²) >= 11 is 9.82. The quantitative estimate of drug-likeness (QED) is 0.784. The molecule has 2 heterocycles. The average molecular weight is 316 g/mol. The summed E-state index contributed by atoms with van der Waals surface area (Å²) in [5, 5.41) is 0.861. The molecule has 1 aromatic carbocycles. The van der Waals surface area contributed by atoms with Gasteiger partial charge in [-0.15, -0.1) is 0 Å². The number of nitrogens with zero attached hydrogens (tertiary/aromatic N) is 2. The first-order chi connectivity index (χ1) is 8.24. The van der Waals surface area contributed by atoms with Crippen molar-refractivity contribution in [1.82, 2.24) is 4.90 Å². The monoisotopic (exact) mass is 314 g/mol. The average Bonchev–Trinajstić information content (AvgIpc) is 2.79. The number of rotatable bonds is 1. The molecule has 4 heteroatoms. The highest BCUT2D eigenvalue weighted by molar-refractivity contribution is 9.10. The Morgan fingerprint density at radius 1 is 1.24 bits per heavy atom. The van der Waals surface area contributed by atoms with Crippen LogP contribution in [0.5, 0.6) is 0 Å². The lowest BCUT2D eigenvalue weighted by Crippen LogP contribution is -2.50. The largest absolute Gasteiger partial charge is 0.367 e. The van der Waals surface area contributed by atoms with Gasteiger partial charge in [-0.2, -0.15) is 0 Å². The van der Waals surface area contributed by atoms with E-state index in [0.717, 1.165) is 28.6 Å². The molecule has 2 nitrogen and oxygen atoms in total. The molecule has 2 fully saturated rings. The summed E-state index contributed by atoms with van der Waals surface area (Å²) in [4.78, 5) is 5.04. The molecule has 1 unspecified atom stereocenters. The normalized spacial score (nSPS) is 25.1. The number of fused-ring (bicyclic) bond motifs is 1. The van der Waals surface area contributed by atoms with Crippen molar-refractivity contribution in [3.05, 3.63) is 27.7 Å². The fourth-order valence-corrected chi connectivity index (χ4v) is 3.52. The number of anilines is 1. The van der Waals surface area contributed by atoms with Gasteiger partial charge in [-0.05, 0) is 37.6 Å². The van der Waals surface area contributed by atoms with Crippen molar-refractivity contribution in [2.45, 2.75) is 18.9 Å². The van der Waals surface area contributed by atoms with Gasteiger partial charge in [-0.3, -0.25) is 4.90 Å². The third-order valence-electron chi connectivity index (χ3n) is 3.84. The molecule has 3 rings (SSSR count). The summed E-state index contributed by atoms with van der Waals surface area (Å²) in [6.45, 7) is 4.67. The molecule has 0 aliphatic carbocycles. The molecule has 0 bridgehead atoms. The highest BCUT2D eigenvalue weighted by Gasteiger charge is 2.31. The lowest BCUT2D eigenvalue weighted by molar-refractivity contribution is 0.231. The van der Waals surface area contributed by atoms with E-state index in [-0.39, 0.29) is 0 Å². The zero-order valence-electron chi connectivity index (χ0n) is 9.70. The smallest absolute Gasteiger partial charge is 0.0640 e. The van der Waals surface area contributed by atoms with E-state index in [0.29, 0.717) is 0 Å². The van der Waals surface area contributed by atoms with Gasteiger partial charge in [-0.25, -0.2) is 0 Å². The molecule has 0 aromatic heterocycles. The zero-order valence-corrected chi connectivity index (χ0v) is 12.0. The molecule has 92 valence electrons. The van der Waals surface area contributed by atoms with Crippen LogP contribution in [0.2, 0.25) is 5.02 Å². The molecule has 2 aliphatic heterocycles. The van der Waals surface area contributed by atoms with Crippen LogP contribution in [0.3, 0.4) is 0 Å². The van der Waals surface area contributed by atoms with Crippen molar-refractivity contribution in [1.29, 1.82) is 0 Å². The van der Waals surface area contributed by atoms with Crippen LogP contribution in [0, 0.1) is 0 Å². The van der Waals surface area contributed by atoms with Crippen LogP contribution in [0.25, 0.3) is 0 Å². The van der Waals surface area contributed by atoms with Crippen molar-refractivity contribution >= 4 is 33.2 Å². The Kier molecular flexibility index (Phi) is 3.33. The van der Waals surface area contributed by atoms with E-state index in [1.54, 1.807) is 0 Å². The second kappa shape index (κ2) is 4.79. The molecule has 1 atom stereocenters. The van der Waals surface area contributed by atoms with E-state index in [9.17, 15) is 0 Å². The summed E-state index contributed by atoms with van der Waals surface area (Å²) in [6.07, 6.45) is 2.69. The predicted molar refractivity (Wildman–Crippen MR) is 76.0 cm³/mol. The fourth-order valence-electron chi connectivity index (χ4n) is 2.94. The van der Waals surface area contributed by atoms with Crippen molar-refractivity contribution < 1.29 is 0 Å². The van der Waals surface area contributed by atoms with E-state index in [2.05, 4.69) is 31.8 Å². The van der Waals surface area contributed by atoms with Crippen LogP contribution in [0.1, 0.15) is 12.8 Å². The van der Waals surface area contributed by atoms with E-state index in [1.807, 2.05) is 12.1 Å². The highest BCUT2D eigenvalue weighted by atomic mass is 79.9. The predicted octanol–water partition coefficient (Wildman–Crippen LogP) is 3.39. The number of halogens is 2. The maximum Gasteiger partial charge on any atom is 0.0640 e. The Bertz CT molecular complexity index is 424. The summed E-state index contributed by atoms with van der Waals surface area (Å²) in [7, 11) is 0. The van der Waals surface area contributed by atoms with Crippen LogP contribution >= 0.6 is 27.5 Å². The Morgan fingerprint density at radius 3 is 3.00 bits per heavy atom. The van der Waals surface area contributed by atoms with Gasteiger partial charge >= 0.3 is 0 Å². The topological polar surface area (TPSA) is 6.48 Å². The summed E-state index contributed by atoms with van der Waals surface area (Å²) < 4.78 is 1.10. The number of hydrogen-bond acceptors (Lipinski definition) is 2. The standard InChI is InChI=1S/C13H16BrClN2/c14-10-3-4-12(15)13(8-10)17-7-6-16-5-1-2-11(16)9-17/h3-4,8,11H,1-2,5-7,9H2. The first-order valence-electron chi connectivity index (χ1n) is 6.18. The summed E-state index contributed by atoms with van der Waals surface area (Å²) in [5.74, 6) is 0. The van der Waals surface area contributed by atoms with E-state index < -0.39 is 0 Å². The van der Waals surface area contributed by atoms with Gasteiger partial charge in [0.1, 0.15) is 0 Å². The zero-order chi connectivity index (χ0) is 11.8. The van der Waals surface area contributed by atoms with Crippen LogP contribution < -0.4 is 4.90 Å². The third-order valence-corrected chi connectivity index (χ3v) is 4.65. The molecule has 2 aliphatic rings. The van der Waals surface area contributed by atoms with E-state index in [1.165, 1.54) is 31.6 Å². The molecule has 2 saturated heterocycles.